The lowest BCUT2D eigenvalue weighted by Gasteiger charge is -2.33. The second kappa shape index (κ2) is 5.22. The number of furan rings is 1. The van der Waals surface area contributed by atoms with Gasteiger partial charge in [0.15, 0.2) is 11.4 Å². The number of hydrogen-bond acceptors (Lipinski definition) is 5. The standard InChI is InChI=1S/C17H17N3O3/c1-10-18-14-11-6-2-3-8-13(11)23-15(14)16(19-10)20-9-5-4-7-12(20)17(21)22/h2-3,6,8,12H,4-5,7,9H2,1H3,(H,21,22)/t12-/m0/s1. The minimum Gasteiger partial charge on any atom is -0.480 e. The van der Waals surface area contributed by atoms with Crippen LogP contribution in [0.2, 0.25) is 0 Å². The van der Waals surface area contributed by atoms with E-state index in [1.165, 1.54) is 0 Å². The molecule has 0 unspecified atom stereocenters. The third kappa shape index (κ3) is 2.21. The Bertz CT molecular complexity index is 903. The SMILES string of the molecule is Cc1nc(N2CCCC[C@H]2C(=O)O)c2oc3ccccc3c2n1. The molecule has 0 radical (unpaired) electrons. The first-order valence-electron chi connectivity index (χ1n) is 7.80. The maximum atomic E-state index is 11.6. The largest absolute Gasteiger partial charge is 0.480 e. The topological polar surface area (TPSA) is 79.5 Å². The first-order chi connectivity index (χ1) is 11.1. The Morgan fingerprint density at radius 3 is 2.96 bits per heavy atom. The molecule has 1 aliphatic heterocycles. The summed E-state index contributed by atoms with van der Waals surface area (Å²) in [4.78, 5) is 22.5. The predicted octanol–water partition coefficient (Wildman–Crippen LogP) is 3.13. The summed E-state index contributed by atoms with van der Waals surface area (Å²) >= 11 is 0. The summed E-state index contributed by atoms with van der Waals surface area (Å²) in [6, 6.07) is 7.14. The van der Waals surface area contributed by atoms with Crippen LogP contribution in [0.3, 0.4) is 0 Å². The molecule has 4 rings (SSSR count). The maximum Gasteiger partial charge on any atom is 0.326 e. The number of rotatable bonds is 2. The van der Waals surface area contributed by atoms with Crippen LogP contribution in [0, 0.1) is 6.92 Å². The molecular formula is C17H17N3O3. The molecule has 118 valence electrons. The Labute approximate surface area is 132 Å². The van der Waals surface area contributed by atoms with Crippen molar-refractivity contribution in [3.63, 3.8) is 0 Å². The average Bonchev–Trinajstić information content (AvgIpc) is 2.93. The molecule has 1 atom stereocenters. The van der Waals surface area contributed by atoms with Crippen molar-refractivity contribution >= 4 is 33.9 Å². The van der Waals surface area contributed by atoms with Crippen LogP contribution in [0.1, 0.15) is 25.1 Å². The molecule has 6 heteroatoms. The number of piperidine rings is 1. The van der Waals surface area contributed by atoms with E-state index in [4.69, 9.17) is 4.42 Å². The third-order valence-electron chi connectivity index (χ3n) is 4.37. The van der Waals surface area contributed by atoms with Crippen molar-refractivity contribution in [2.45, 2.75) is 32.2 Å². The summed E-state index contributed by atoms with van der Waals surface area (Å²) in [7, 11) is 0. The lowest BCUT2D eigenvalue weighted by atomic mass is 10.0. The van der Waals surface area contributed by atoms with E-state index in [-0.39, 0.29) is 0 Å². The lowest BCUT2D eigenvalue weighted by Crippen LogP contribution is -2.45. The van der Waals surface area contributed by atoms with Crippen LogP contribution in [0.4, 0.5) is 5.82 Å². The first kappa shape index (κ1) is 14.0. The van der Waals surface area contributed by atoms with Gasteiger partial charge in [-0.15, -0.1) is 0 Å². The van der Waals surface area contributed by atoms with Crippen LogP contribution in [0.15, 0.2) is 28.7 Å². The number of anilines is 1. The van der Waals surface area contributed by atoms with E-state index in [0.29, 0.717) is 30.2 Å². The number of fused-ring (bicyclic) bond motifs is 3. The Morgan fingerprint density at radius 2 is 2.13 bits per heavy atom. The van der Waals surface area contributed by atoms with Crippen molar-refractivity contribution in [1.82, 2.24) is 9.97 Å². The van der Waals surface area contributed by atoms with Gasteiger partial charge in [-0.2, -0.15) is 0 Å². The molecule has 1 aliphatic rings. The number of carboxylic acid groups (broad SMARTS) is 1. The van der Waals surface area contributed by atoms with Gasteiger partial charge < -0.3 is 14.4 Å². The molecule has 1 saturated heterocycles. The van der Waals surface area contributed by atoms with Gasteiger partial charge in [0, 0.05) is 11.9 Å². The first-order valence-corrected chi connectivity index (χ1v) is 7.80. The molecule has 0 saturated carbocycles. The fourth-order valence-electron chi connectivity index (χ4n) is 3.32. The minimum atomic E-state index is -0.815. The van der Waals surface area contributed by atoms with Crippen LogP contribution in [0.5, 0.6) is 0 Å². The summed E-state index contributed by atoms with van der Waals surface area (Å²) in [6.07, 6.45) is 2.50. The zero-order valence-electron chi connectivity index (χ0n) is 12.8. The van der Waals surface area contributed by atoms with Crippen LogP contribution >= 0.6 is 0 Å². The van der Waals surface area contributed by atoms with E-state index in [1.54, 1.807) is 0 Å². The molecule has 1 aromatic carbocycles. The second-order valence-corrected chi connectivity index (χ2v) is 5.91. The molecule has 0 aliphatic carbocycles. The zero-order chi connectivity index (χ0) is 16.0. The van der Waals surface area contributed by atoms with Gasteiger partial charge in [-0.1, -0.05) is 12.1 Å². The molecular weight excluding hydrogens is 294 g/mol. The van der Waals surface area contributed by atoms with Crippen molar-refractivity contribution in [1.29, 1.82) is 0 Å². The number of carbonyl (C=O) groups is 1. The molecule has 0 spiro atoms. The number of aliphatic carboxylic acids is 1. The van der Waals surface area contributed by atoms with Gasteiger partial charge in [-0.3, -0.25) is 0 Å². The lowest BCUT2D eigenvalue weighted by molar-refractivity contribution is -0.139. The summed E-state index contributed by atoms with van der Waals surface area (Å²) in [5.74, 6) is 0.398. The number of aryl methyl sites for hydroxylation is 1. The monoisotopic (exact) mass is 311 g/mol. The van der Waals surface area contributed by atoms with Crippen molar-refractivity contribution in [2.75, 3.05) is 11.4 Å². The van der Waals surface area contributed by atoms with Gasteiger partial charge in [-0.25, -0.2) is 14.8 Å². The highest BCUT2D eigenvalue weighted by Gasteiger charge is 2.32. The van der Waals surface area contributed by atoms with E-state index in [0.717, 1.165) is 29.3 Å². The fourth-order valence-corrected chi connectivity index (χ4v) is 3.32. The Balaban J connectivity index is 1.96. The fraction of sp³-hybridized carbons (Fsp3) is 0.353. The third-order valence-corrected chi connectivity index (χ3v) is 4.37. The molecule has 3 aromatic rings. The van der Waals surface area contributed by atoms with Gasteiger partial charge in [-0.05, 0) is 38.3 Å². The molecule has 0 amide bonds. The number of hydrogen-bond donors (Lipinski definition) is 1. The van der Waals surface area contributed by atoms with Gasteiger partial charge in [0.1, 0.15) is 23.0 Å². The highest BCUT2D eigenvalue weighted by molar-refractivity contribution is 6.06. The number of para-hydroxylation sites is 1. The Morgan fingerprint density at radius 1 is 1.30 bits per heavy atom. The van der Waals surface area contributed by atoms with E-state index in [2.05, 4.69) is 9.97 Å². The number of nitrogens with zero attached hydrogens (tertiary/aromatic N) is 3. The summed E-state index contributed by atoms with van der Waals surface area (Å²) in [5.41, 5.74) is 2.07. The molecule has 3 heterocycles. The van der Waals surface area contributed by atoms with Crippen LogP contribution in [-0.2, 0) is 4.79 Å². The van der Waals surface area contributed by atoms with Crippen LogP contribution in [0.25, 0.3) is 22.1 Å². The van der Waals surface area contributed by atoms with E-state index in [9.17, 15) is 9.90 Å². The smallest absolute Gasteiger partial charge is 0.326 e. The van der Waals surface area contributed by atoms with E-state index in [1.807, 2.05) is 36.1 Å². The van der Waals surface area contributed by atoms with Crippen LogP contribution < -0.4 is 4.90 Å². The zero-order valence-corrected chi connectivity index (χ0v) is 12.8. The van der Waals surface area contributed by atoms with Crippen molar-refractivity contribution in [3.8, 4) is 0 Å². The van der Waals surface area contributed by atoms with Gasteiger partial charge in [0.05, 0.1) is 0 Å². The highest BCUT2D eigenvalue weighted by Crippen LogP contribution is 2.35. The Hall–Kier alpha value is -2.63. The molecule has 1 fully saturated rings. The maximum absolute atomic E-state index is 11.6. The molecule has 0 bridgehead atoms. The van der Waals surface area contributed by atoms with Crippen molar-refractivity contribution in [2.24, 2.45) is 0 Å². The van der Waals surface area contributed by atoms with Crippen molar-refractivity contribution in [3.05, 3.63) is 30.1 Å². The molecule has 6 nitrogen and oxygen atoms in total. The van der Waals surface area contributed by atoms with Crippen LogP contribution in [-0.4, -0.2) is 33.6 Å². The second-order valence-electron chi connectivity index (χ2n) is 5.91. The van der Waals surface area contributed by atoms with Gasteiger partial charge in [0.25, 0.3) is 0 Å². The molecule has 1 N–H and O–H groups in total. The Kier molecular flexibility index (Phi) is 3.18. The molecule has 23 heavy (non-hydrogen) atoms. The van der Waals surface area contributed by atoms with Gasteiger partial charge in [0.2, 0.25) is 0 Å². The summed E-state index contributed by atoms with van der Waals surface area (Å²) in [6.45, 7) is 2.49. The van der Waals surface area contributed by atoms with E-state index < -0.39 is 12.0 Å². The quantitative estimate of drug-likeness (QED) is 0.783. The van der Waals surface area contributed by atoms with Gasteiger partial charge >= 0.3 is 5.97 Å². The minimum absolute atomic E-state index is 0.561. The normalized spacial score (nSPS) is 18.7. The highest BCUT2D eigenvalue weighted by atomic mass is 16.4. The average molecular weight is 311 g/mol. The van der Waals surface area contributed by atoms with Crippen molar-refractivity contribution < 1.29 is 14.3 Å². The summed E-state index contributed by atoms with van der Waals surface area (Å²) < 4.78 is 5.96. The molecule has 2 aromatic heterocycles. The number of carboxylic acids is 1. The summed E-state index contributed by atoms with van der Waals surface area (Å²) in [5, 5.41) is 10.5. The predicted molar refractivity (Wildman–Crippen MR) is 86.7 cm³/mol. The van der Waals surface area contributed by atoms with E-state index >= 15 is 0 Å². The number of aromatic nitrogens is 2. The number of benzene rings is 1.